The lowest BCUT2D eigenvalue weighted by molar-refractivity contribution is 0.0945. The molecule has 0 aliphatic carbocycles. The Morgan fingerprint density at radius 3 is 2.61 bits per heavy atom. The molecule has 1 amide bonds. The van der Waals surface area contributed by atoms with Crippen molar-refractivity contribution >= 4 is 23.3 Å². The highest BCUT2D eigenvalue weighted by atomic mass is 35.5. The van der Waals surface area contributed by atoms with Gasteiger partial charge in [-0.05, 0) is 30.9 Å². The van der Waals surface area contributed by atoms with E-state index in [2.05, 4.69) is 20.2 Å². The third-order valence-electron chi connectivity index (χ3n) is 3.95. The van der Waals surface area contributed by atoms with E-state index in [1.165, 1.54) is 25.5 Å². The largest absolute Gasteiger partial charge is 0.355 e. The second-order valence-electron chi connectivity index (χ2n) is 5.58. The number of benzene rings is 1. The lowest BCUT2D eigenvalue weighted by atomic mass is 10.1. The monoisotopic (exact) mass is 330 g/mol. The van der Waals surface area contributed by atoms with Crippen LogP contribution < -0.4 is 10.2 Å². The highest BCUT2D eigenvalue weighted by Gasteiger charge is 2.14. The summed E-state index contributed by atoms with van der Waals surface area (Å²) in [5.74, 6) is 0.593. The highest BCUT2D eigenvalue weighted by Crippen LogP contribution is 2.17. The first-order valence-electron chi connectivity index (χ1n) is 7.82. The number of piperidine rings is 1. The molecule has 0 atom stereocenters. The third kappa shape index (κ3) is 3.99. The summed E-state index contributed by atoms with van der Waals surface area (Å²) in [4.78, 5) is 23.0. The topological polar surface area (TPSA) is 58.1 Å². The molecule has 2 aromatic rings. The second-order valence-corrected chi connectivity index (χ2v) is 5.99. The molecule has 0 saturated carbocycles. The molecule has 1 saturated heterocycles. The molecular weight excluding hydrogens is 312 g/mol. The van der Waals surface area contributed by atoms with Gasteiger partial charge in [0.15, 0.2) is 0 Å². The van der Waals surface area contributed by atoms with Crippen LogP contribution in [0.4, 0.5) is 5.82 Å². The van der Waals surface area contributed by atoms with Crippen molar-refractivity contribution < 1.29 is 4.79 Å². The highest BCUT2D eigenvalue weighted by molar-refractivity contribution is 6.31. The number of carbonyl (C=O) groups excluding carboxylic acids is 1. The quantitative estimate of drug-likeness (QED) is 0.936. The molecule has 5 nitrogen and oxygen atoms in total. The van der Waals surface area contributed by atoms with Crippen molar-refractivity contribution in [1.82, 2.24) is 15.3 Å². The Morgan fingerprint density at radius 1 is 1.13 bits per heavy atom. The number of hydrogen-bond acceptors (Lipinski definition) is 4. The van der Waals surface area contributed by atoms with Gasteiger partial charge in [-0.1, -0.05) is 29.8 Å². The van der Waals surface area contributed by atoms with Crippen molar-refractivity contribution in [2.24, 2.45) is 0 Å². The van der Waals surface area contributed by atoms with Crippen molar-refractivity contribution in [3.8, 4) is 0 Å². The SMILES string of the molecule is O=C(NCc1ccccc1Cl)c1cnc(N2CCCCC2)cn1. The summed E-state index contributed by atoms with van der Waals surface area (Å²) >= 11 is 6.08. The third-order valence-corrected chi connectivity index (χ3v) is 4.32. The number of hydrogen-bond donors (Lipinski definition) is 1. The summed E-state index contributed by atoms with van der Waals surface area (Å²) in [6.07, 6.45) is 6.84. The number of carbonyl (C=O) groups is 1. The van der Waals surface area contributed by atoms with Gasteiger partial charge < -0.3 is 10.2 Å². The van der Waals surface area contributed by atoms with Crippen molar-refractivity contribution in [2.45, 2.75) is 25.8 Å². The van der Waals surface area contributed by atoms with Crippen LogP contribution in [0.2, 0.25) is 5.02 Å². The number of aromatic nitrogens is 2. The number of anilines is 1. The molecule has 0 bridgehead atoms. The van der Waals surface area contributed by atoms with Crippen LogP contribution in [0.3, 0.4) is 0 Å². The predicted molar refractivity (Wildman–Crippen MR) is 90.7 cm³/mol. The average Bonchev–Trinajstić information content (AvgIpc) is 2.62. The standard InChI is InChI=1S/C17H19ClN4O/c18-14-7-3-2-6-13(14)10-21-17(23)15-11-20-16(12-19-15)22-8-4-1-5-9-22/h2-3,6-7,11-12H,1,4-5,8-10H2,(H,21,23). The van der Waals surface area contributed by atoms with Crippen LogP contribution in [0.1, 0.15) is 35.3 Å². The van der Waals surface area contributed by atoms with Gasteiger partial charge in [-0.15, -0.1) is 0 Å². The molecule has 3 rings (SSSR count). The molecular formula is C17H19ClN4O. The molecule has 1 aliphatic rings. The van der Waals surface area contributed by atoms with Gasteiger partial charge in [0, 0.05) is 24.7 Å². The lowest BCUT2D eigenvalue weighted by Crippen LogP contribution is -2.30. The Hall–Kier alpha value is -2.14. The summed E-state index contributed by atoms with van der Waals surface area (Å²) in [6, 6.07) is 7.43. The van der Waals surface area contributed by atoms with Crippen LogP contribution in [0.15, 0.2) is 36.7 Å². The van der Waals surface area contributed by atoms with Gasteiger partial charge in [0.05, 0.1) is 12.4 Å². The lowest BCUT2D eigenvalue weighted by Gasteiger charge is -2.27. The Bertz CT molecular complexity index is 669. The fourth-order valence-electron chi connectivity index (χ4n) is 2.63. The van der Waals surface area contributed by atoms with E-state index >= 15 is 0 Å². The molecule has 1 aromatic carbocycles. The van der Waals surface area contributed by atoms with Crippen LogP contribution in [0, 0.1) is 0 Å². The molecule has 1 N–H and O–H groups in total. The van der Waals surface area contributed by atoms with E-state index in [-0.39, 0.29) is 5.91 Å². The summed E-state index contributed by atoms with van der Waals surface area (Å²) in [6.45, 7) is 2.38. The molecule has 0 spiro atoms. The van der Waals surface area contributed by atoms with Crippen LogP contribution in [0.25, 0.3) is 0 Å². The van der Waals surface area contributed by atoms with Crippen LogP contribution in [-0.4, -0.2) is 29.0 Å². The minimum absolute atomic E-state index is 0.248. The minimum Gasteiger partial charge on any atom is -0.355 e. The normalized spacial score (nSPS) is 14.6. The summed E-state index contributed by atoms with van der Waals surface area (Å²) in [5.41, 5.74) is 1.19. The van der Waals surface area contributed by atoms with Gasteiger partial charge in [-0.25, -0.2) is 9.97 Å². The summed E-state index contributed by atoms with van der Waals surface area (Å²) in [7, 11) is 0. The van der Waals surface area contributed by atoms with E-state index in [9.17, 15) is 4.79 Å². The maximum absolute atomic E-state index is 12.1. The Labute approximate surface area is 140 Å². The molecule has 1 fully saturated rings. The van der Waals surface area contributed by atoms with E-state index in [1.54, 1.807) is 12.3 Å². The van der Waals surface area contributed by atoms with Gasteiger partial charge in [-0.3, -0.25) is 4.79 Å². The van der Waals surface area contributed by atoms with Crippen molar-refractivity contribution in [3.05, 3.63) is 52.9 Å². The first kappa shape index (κ1) is 15.7. The van der Waals surface area contributed by atoms with Crippen LogP contribution in [0.5, 0.6) is 0 Å². The predicted octanol–water partition coefficient (Wildman–Crippen LogP) is 3.05. The molecule has 1 aromatic heterocycles. The molecule has 0 radical (unpaired) electrons. The van der Waals surface area contributed by atoms with Gasteiger partial charge in [0.1, 0.15) is 11.5 Å². The summed E-state index contributed by atoms with van der Waals surface area (Å²) < 4.78 is 0. The van der Waals surface area contributed by atoms with Crippen LogP contribution in [-0.2, 0) is 6.54 Å². The fourth-order valence-corrected chi connectivity index (χ4v) is 2.84. The first-order chi connectivity index (χ1) is 11.2. The molecule has 6 heteroatoms. The smallest absolute Gasteiger partial charge is 0.271 e. The van der Waals surface area contributed by atoms with Gasteiger partial charge in [0.2, 0.25) is 0 Å². The van der Waals surface area contributed by atoms with Crippen LogP contribution >= 0.6 is 11.6 Å². The number of rotatable bonds is 4. The van der Waals surface area contributed by atoms with E-state index in [0.29, 0.717) is 17.3 Å². The fraction of sp³-hybridized carbons (Fsp3) is 0.353. The molecule has 23 heavy (non-hydrogen) atoms. The number of halogens is 1. The van der Waals surface area contributed by atoms with Gasteiger partial charge >= 0.3 is 0 Å². The minimum atomic E-state index is -0.248. The Morgan fingerprint density at radius 2 is 1.91 bits per heavy atom. The van der Waals surface area contributed by atoms with E-state index in [0.717, 1.165) is 24.5 Å². The van der Waals surface area contributed by atoms with Gasteiger partial charge in [-0.2, -0.15) is 0 Å². The molecule has 0 unspecified atom stereocenters. The molecule has 120 valence electrons. The maximum Gasteiger partial charge on any atom is 0.271 e. The molecule has 1 aliphatic heterocycles. The number of nitrogens with one attached hydrogen (secondary N) is 1. The van der Waals surface area contributed by atoms with Crippen molar-refractivity contribution in [1.29, 1.82) is 0 Å². The number of nitrogens with zero attached hydrogens (tertiary/aromatic N) is 3. The van der Waals surface area contributed by atoms with E-state index < -0.39 is 0 Å². The van der Waals surface area contributed by atoms with Crippen molar-refractivity contribution in [3.63, 3.8) is 0 Å². The zero-order valence-corrected chi connectivity index (χ0v) is 13.6. The maximum atomic E-state index is 12.1. The van der Waals surface area contributed by atoms with E-state index in [4.69, 9.17) is 11.6 Å². The zero-order chi connectivity index (χ0) is 16.1. The van der Waals surface area contributed by atoms with E-state index in [1.807, 2.05) is 18.2 Å². The number of amides is 1. The zero-order valence-electron chi connectivity index (χ0n) is 12.8. The van der Waals surface area contributed by atoms with Crippen molar-refractivity contribution in [2.75, 3.05) is 18.0 Å². The second kappa shape index (κ2) is 7.42. The Kier molecular flexibility index (Phi) is 5.08. The average molecular weight is 331 g/mol. The first-order valence-corrected chi connectivity index (χ1v) is 8.20. The summed E-state index contributed by atoms with van der Waals surface area (Å²) in [5, 5.41) is 3.45. The Balaban J connectivity index is 1.60. The molecule has 2 heterocycles. The van der Waals surface area contributed by atoms with Gasteiger partial charge in [0.25, 0.3) is 5.91 Å².